The molecule has 0 aliphatic heterocycles. The first-order valence-corrected chi connectivity index (χ1v) is 4.55. The Morgan fingerprint density at radius 2 is 2.17 bits per heavy atom. The van der Waals surface area contributed by atoms with E-state index in [4.69, 9.17) is 5.26 Å². The van der Waals surface area contributed by atoms with E-state index in [0.29, 0.717) is 11.3 Å². The van der Waals surface area contributed by atoms with Gasteiger partial charge < -0.3 is 0 Å². The molecule has 1 rings (SSSR count). The van der Waals surface area contributed by atoms with Crippen LogP contribution in [0, 0.1) is 28.6 Å². The van der Waals surface area contributed by atoms with Crippen LogP contribution in [0.5, 0.6) is 0 Å². The van der Waals surface area contributed by atoms with Crippen LogP contribution in [-0.2, 0) is 0 Å². The maximum absolute atomic E-state index is 8.49. The van der Waals surface area contributed by atoms with Crippen LogP contribution < -0.4 is 0 Å². The fourth-order valence-corrected chi connectivity index (χ4v) is 1.91. The maximum Gasteiger partial charge on any atom is 0.0911 e. The third kappa shape index (κ3) is 1.69. The summed E-state index contributed by atoms with van der Waals surface area (Å²) in [6.07, 6.45) is 2.99. The second-order valence-corrected chi connectivity index (χ2v) is 4.61. The van der Waals surface area contributed by atoms with E-state index >= 15 is 0 Å². The highest BCUT2D eigenvalue weighted by Crippen LogP contribution is 2.57. The van der Waals surface area contributed by atoms with E-state index in [9.17, 15) is 0 Å². The van der Waals surface area contributed by atoms with E-state index in [1.165, 1.54) is 12.0 Å². The van der Waals surface area contributed by atoms with Crippen molar-refractivity contribution < 1.29 is 0 Å². The SMILES string of the molecule is C/C(=C\C#N)C(C)C1CC1(C)C. The number of allylic oxidation sites excluding steroid dienone is 2. The van der Waals surface area contributed by atoms with E-state index in [0.717, 1.165) is 5.92 Å². The van der Waals surface area contributed by atoms with Crippen molar-refractivity contribution in [1.29, 1.82) is 5.26 Å². The standard InChI is InChI=1S/C11H17N/c1-8(5-6-12)9(2)10-7-11(10,3)4/h5,9-10H,7H2,1-4H3/b8-5+. The molecule has 1 nitrogen and oxygen atoms in total. The number of hydrogen-bond acceptors (Lipinski definition) is 1. The van der Waals surface area contributed by atoms with Crippen molar-refractivity contribution >= 4 is 0 Å². The van der Waals surface area contributed by atoms with Gasteiger partial charge in [-0.2, -0.15) is 5.26 Å². The lowest BCUT2D eigenvalue weighted by molar-refractivity contribution is 0.468. The van der Waals surface area contributed by atoms with Crippen molar-refractivity contribution in [1.82, 2.24) is 0 Å². The molecule has 1 saturated carbocycles. The molecule has 66 valence electrons. The normalized spacial score (nSPS) is 29.2. The highest BCUT2D eigenvalue weighted by molar-refractivity contribution is 5.17. The Labute approximate surface area is 75.1 Å². The van der Waals surface area contributed by atoms with Gasteiger partial charge in [-0.15, -0.1) is 0 Å². The third-order valence-corrected chi connectivity index (χ3v) is 3.20. The van der Waals surface area contributed by atoms with Crippen LogP contribution >= 0.6 is 0 Å². The molecule has 12 heavy (non-hydrogen) atoms. The lowest BCUT2D eigenvalue weighted by Gasteiger charge is -2.12. The minimum Gasteiger partial charge on any atom is -0.193 e. The summed E-state index contributed by atoms with van der Waals surface area (Å²) in [6, 6.07) is 2.10. The van der Waals surface area contributed by atoms with Crippen molar-refractivity contribution in [2.24, 2.45) is 17.3 Å². The highest BCUT2D eigenvalue weighted by atomic mass is 14.5. The van der Waals surface area contributed by atoms with Gasteiger partial charge in [0.15, 0.2) is 0 Å². The lowest BCUT2D eigenvalue weighted by Crippen LogP contribution is -2.04. The Balaban J connectivity index is 2.57. The fourth-order valence-electron chi connectivity index (χ4n) is 1.91. The van der Waals surface area contributed by atoms with E-state index in [1.54, 1.807) is 6.08 Å². The zero-order valence-electron chi connectivity index (χ0n) is 8.39. The average molecular weight is 163 g/mol. The summed E-state index contributed by atoms with van der Waals surface area (Å²) >= 11 is 0. The molecule has 0 radical (unpaired) electrons. The molecule has 0 N–H and O–H groups in total. The van der Waals surface area contributed by atoms with Crippen LogP contribution in [0.1, 0.15) is 34.1 Å². The molecule has 0 aromatic heterocycles. The molecule has 0 saturated heterocycles. The largest absolute Gasteiger partial charge is 0.193 e. The second-order valence-electron chi connectivity index (χ2n) is 4.61. The van der Waals surface area contributed by atoms with Gasteiger partial charge in [-0.25, -0.2) is 0 Å². The number of rotatable bonds is 2. The van der Waals surface area contributed by atoms with E-state index in [1.807, 2.05) is 0 Å². The quantitative estimate of drug-likeness (QED) is 0.574. The van der Waals surface area contributed by atoms with Crippen molar-refractivity contribution in [2.75, 3.05) is 0 Å². The van der Waals surface area contributed by atoms with Crippen molar-refractivity contribution in [2.45, 2.75) is 34.1 Å². The molecule has 1 aliphatic carbocycles. The predicted octanol–water partition coefficient (Wildman–Crippen LogP) is 3.14. The zero-order valence-corrected chi connectivity index (χ0v) is 8.39. The third-order valence-electron chi connectivity index (χ3n) is 3.20. The molecule has 0 heterocycles. The molecule has 2 atom stereocenters. The van der Waals surface area contributed by atoms with Crippen LogP contribution in [0.25, 0.3) is 0 Å². The molecular formula is C11H17N. The monoisotopic (exact) mass is 163 g/mol. The molecule has 2 unspecified atom stereocenters. The average Bonchev–Trinajstić information content (AvgIpc) is 2.59. The Bertz CT molecular complexity index is 242. The van der Waals surface area contributed by atoms with Crippen molar-refractivity contribution in [3.05, 3.63) is 11.6 Å². The molecule has 0 amide bonds. The Hall–Kier alpha value is -0.770. The number of nitriles is 1. The molecule has 0 bridgehead atoms. The lowest BCUT2D eigenvalue weighted by atomic mass is 9.92. The van der Waals surface area contributed by atoms with Gasteiger partial charge in [0.05, 0.1) is 6.07 Å². The first-order chi connectivity index (χ1) is 5.49. The summed E-state index contributed by atoms with van der Waals surface area (Å²) in [5.74, 6) is 1.38. The molecule has 0 aromatic carbocycles. The Kier molecular flexibility index (Phi) is 2.28. The summed E-state index contributed by atoms with van der Waals surface area (Å²) in [5, 5.41) is 8.49. The van der Waals surface area contributed by atoms with Crippen LogP contribution in [0.15, 0.2) is 11.6 Å². The van der Waals surface area contributed by atoms with Crippen molar-refractivity contribution in [3.63, 3.8) is 0 Å². The smallest absolute Gasteiger partial charge is 0.0911 e. The van der Waals surface area contributed by atoms with Crippen LogP contribution in [0.4, 0.5) is 0 Å². The fraction of sp³-hybridized carbons (Fsp3) is 0.727. The summed E-state index contributed by atoms with van der Waals surface area (Å²) in [6.45, 7) is 8.88. The molecule has 1 aliphatic rings. The molecule has 1 heteroatoms. The summed E-state index contributed by atoms with van der Waals surface area (Å²) < 4.78 is 0. The maximum atomic E-state index is 8.49. The van der Waals surface area contributed by atoms with Crippen LogP contribution in [-0.4, -0.2) is 0 Å². The van der Waals surface area contributed by atoms with Gasteiger partial charge in [0.2, 0.25) is 0 Å². The topological polar surface area (TPSA) is 23.8 Å². The van der Waals surface area contributed by atoms with Gasteiger partial charge >= 0.3 is 0 Å². The van der Waals surface area contributed by atoms with Gasteiger partial charge in [-0.3, -0.25) is 0 Å². The highest BCUT2D eigenvalue weighted by Gasteiger charge is 2.48. The Morgan fingerprint density at radius 1 is 1.67 bits per heavy atom. The van der Waals surface area contributed by atoms with E-state index < -0.39 is 0 Å². The van der Waals surface area contributed by atoms with Gasteiger partial charge in [0.1, 0.15) is 0 Å². The van der Waals surface area contributed by atoms with Gasteiger partial charge in [-0.1, -0.05) is 26.3 Å². The molecule has 0 spiro atoms. The first kappa shape index (κ1) is 9.32. The Morgan fingerprint density at radius 3 is 2.50 bits per heavy atom. The van der Waals surface area contributed by atoms with E-state index in [2.05, 4.69) is 33.8 Å². The van der Waals surface area contributed by atoms with E-state index in [-0.39, 0.29) is 0 Å². The number of hydrogen-bond donors (Lipinski definition) is 0. The number of nitrogens with zero attached hydrogens (tertiary/aromatic N) is 1. The van der Waals surface area contributed by atoms with Gasteiger partial charge in [0.25, 0.3) is 0 Å². The molecular weight excluding hydrogens is 146 g/mol. The molecule has 0 aromatic rings. The van der Waals surface area contributed by atoms with Crippen LogP contribution in [0.3, 0.4) is 0 Å². The summed E-state index contributed by atoms with van der Waals surface area (Å²) in [5.41, 5.74) is 1.75. The first-order valence-electron chi connectivity index (χ1n) is 4.55. The minimum atomic E-state index is 0.518. The van der Waals surface area contributed by atoms with Gasteiger partial charge in [-0.05, 0) is 30.6 Å². The minimum absolute atomic E-state index is 0.518. The second kappa shape index (κ2) is 2.94. The van der Waals surface area contributed by atoms with Gasteiger partial charge in [0, 0.05) is 6.08 Å². The predicted molar refractivity (Wildman–Crippen MR) is 50.4 cm³/mol. The molecule has 1 fully saturated rings. The van der Waals surface area contributed by atoms with Crippen LogP contribution in [0.2, 0.25) is 0 Å². The summed E-state index contributed by atoms with van der Waals surface area (Å²) in [4.78, 5) is 0. The van der Waals surface area contributed by atoms with Crippen molar-refractivity contribution in [3.8, 4) is 6.07 Å². The summed E-state index contributed by atoms with van der Waals surface area (Å²) in [7, 11) is 0. The zero-order chi connectivity index (χ0) is 9.35.